The molecule has 2 aromatic heterocycles. The third kappa shape index (κ3) is 5.03. The number of aromatic nitrogens is 2. The van der Waals surface area contributed by atoms with Crippen molar-refractivity contribution in [3.63, 3.8) is 0 Å². The third-order valence-electron chi connectivity index (χ3n) is 7.90. The molecule has 220 valence electrons. The molecule has 2 aliphatic rings. The predicted molar refractivity (Wildman–Crippen MR) is 173 cm³/mol. The van der Waals surface area contributed by atoms with Gasteiger partial charge >= 0.3 is 0 Å². The minimum Gasteiger partial charge on any atom is -0.454 e. The Kier molecular flexibility index (Phi) is 7.19. The van der Waals surface area contributed by atoms with Crippen molar-refractivity contribution in [3.05, 3.63) is 130 Å². The van der Waals surface area contributed by atoms with Crippen LogP contribution in [-0.2, 0) is 0 Å². The Morgan fingerprint density at radius 3 is 2.34 bits per heavy atom. The second-order valence-electron chi connectivity index (χ2n) is 10.5. The van der Waals surface area contributed by atoms with Gasteiger partial charge in [0.2, 0.25) is 6.79 Å². The monoisotopic (exact) mass is 621 g/mol. The summed E-state index contributed by atoms with van der Waals surface area (Å²) in [4.78, 5) is 19.4. The highest BCUT2D eigenvalue weighted by Crippen LogP contribution is 2.45. The van der Waals surface area contributed by atoms with E-state index in [-0.39, 0.29) is 24.6 Å². The number of nitro groups is 1. The molecule has 0 saturated carbocycles. The van der Waals surface area contributed by atoms with Crippen molar-refractivity contribution in [2.75, 3.05) is 11.7 Å². The van der Waals surface area contributed by atoms with Crippen LogP contribution in [0.1, 0.15) is 34.7 Å². The zero-order valence-corrected chi connectivity index (χ0v) is 25.5. The van der Waals surface area contributed by atoms with Crippen LogP contribution >= 0.6 is 24.0 Å². The average Bonchev–Trinajstić information content (AvgIpc) is 3.72. The number of hydrogen-bond donors (Lipinski definition) is 1. The van der Waals surface area contributed by atoms with Crippen molar-refractivity contribution < 1.29 is 14.4 Å². The van der Waals surface area contributed by atoms with Gasteiger partial charge in [-0.05, 0) is 98.4 Å². The molecule has 5 aromatic rings. The van der Waals surface area contributed by atoms with Crippen molar-refractivity contribution in [1.29, 1.82) is 0 Å². The first kappa shape index (κ1) is 27.9. The summed E-state index contributed by atoms with van der Waals surface area (Å²) in [5.41, 5.74) is 6.24. The molecule has 3 aromatic carbocycles. The van der Waals surface area contributed by atoms with E-state index in [1.807, 2.05) is 48.5 Å². The van der Waals surface area contributed by atoms with E-state index in [1.54, 1.807) is 30.1 Å². The summed E-state index contributed by atoms with van der Waals surface area (Å²) in [5, 5.41) is 15.2. The molecular weight excluding hydrogens is 595 g/mol. The summed E-state index contributed by atoms with van der Waals surface area (Å²) >= 11 is 7.51. The van der Waals surface area contributed by atoms with Gasteiger partial charge in [-0.3, -0.25) is 15.1 Å². The first-order valence-corrected chi connectivity index (χ1v) is 15.2. The molecule has 0 spiro atoms. The van der Waals surface area contributed by atoms with Gasteiger partial charge in [-0.25, -0.2) is 0 Å². The maximum absolute atomic E-state index is 11.0. The van der Waals surface area contributed by atoms with E-state index in [0.29, 0.717) is 5.11 Å². The van der Waals surface area contributed by atoms with Gasteiger partial charge in [0.05, 0.1) is 22.7 Å². The number of pyridine rings is 1. The number of benzene rings is 3. The summed E-state index contributed by atoms with van der Waals surface area (Å²) in [6.45, 7) is 4.46. The van der Waals surface area contributed by atoms with Crippen molar-refractivity contribution in [2.45, 2.75) is 35.7 Å². The predicted octanol–water partition coefficient (Wildman–Crippen LogP) is 7.45. The molecule has 11 heteroatoms. The highest BCUT2D eigenvalue weighted by molar-refractivity contribution is 7.99. The summed E-state index contributed by atoms with van der Waals surface area (Å²) < 4.78 is 13.4. The second-order valence-corrected chi connectivity index (χ2v) is 12.1. The molecule has 1 N–H and O–H groups in total. The Bertz CT molecular complexity index is 1880. The van der Waals surface area contributed by atoms with E-state index in [0.717, 1.165) is 55.3 Å². The smallest absolute Gasteiger partial charge is 0.269 e. The quantitative estimate of drug-likeness (QED) is 0.113. The molecule has 9 nitrogen and oxygen atoms in total. The molecule has 2 atom stereocenters. The molecule has 1 fully saturated rings. The molecule has 7 rings (SSSR count). The minimum atomic E-state index is -0.391. The van der Waals surface area contributed by atoms with E-state index >= 15 is 0 Å². The fourth-order valence-corrected chi connectivity index (χ4v) is 7.07. The number of ether oxygens (including phenoxy) is 2. The van der Waals surface area contributed by atoms with Gasteiger partial charge in [0.25, 0.3) is 5.69 Å². The summed E-state index contributed by atoms with van der Waals surface area (Å²) in [6.07, 6.45) is 1.81. The number of nitrogens with one attached hydrogen (secondary N) is 1. The largest absolute Gasteiger partial charge is 0.454 e. The highest BCUT2D eigenvalue weighted by atomic mass is 32.2. The Labute approximate surface area is 263 Å². The Morgan fingerprint density at radius 1 is 0.932 bits per heavy atom. The molecule has 0 radical (unpaired) electrons. The van der Waals surface area contributed by atoms with Crippen LogP contribution < -0.4 is 19.7 Å². The maximum atomic E-state index is 11.0. The third-order valence-corrected chi connectivity index (χ3v) is 9.23. The number of rotatable bonds is 7. The van der Waals surface area contributed by atoms with Crippen LogP contribution in [0.4, 0.5) is 11.4 Å². The molecule has 0 unspecified atom stereocenters. The van der Waals surface area contributed by atoms with E-state index < -0.39 is 4.92 Å². The zero-order chi connectivity index (χ0) is 30.4. The molecule has 44 heavy (non-hydrogen) atoms. The fraction of sp³-hybridized carbons (Fsp3) is 0.152. The molecule has 1 saturated heterocycles. The van der Waals surface area contributed by atoms with Crippen LogP contribution in [0.3, 0.4) is 0 Å². The SMILES string of the molecule is Cc1cc([C@@H]2[C@@H](c3ccccn3)NC(=S)N2c2ccc(Sc3ccc([N+](=O)[O-])cc3)cc2)c(C)n1-c1ccc2c(c1)OCO2. The Hall–Kier alpha value is -4.87. The van der Waals surface area contributed by atoms with Crippen LogP contribution in [-0.4, -0.2) is 26.4 Å². The zero-order valence-electron chi connectivity index (χ0n) is 23.8. The molecule has 4 heterocycles. The molecule has 0 amide bonds. The first-order chi connectivity index (χ1) is 21.4. The second kappa shape index (κ2) is 11.3. The fourth-order valence-electron chi connectivity index (χ4n) is 5.90. The number of nitro benzene ring substituents is 1. The van der Waals surface area contributed by atoms with Crippen molar-refractivity contribution in [1.82, 2.24) is 14.9 Å². The van der Waals surface area contributed by atoms with Gasteiger partial charge in [0.15, 0.2) is 16.6 Å². The summed E-state index contributed by atoms with van der Waals surface area (Å²) in [6, 6.07) is 28.6. The van der Waals surface area contributed by atoms with E-state index in [1.165, 1.54) is 12.1 Å². The lowest BCUT2D eigenvalue weighted by molar-refractivity contribution is -0.384. The topological polar surface area (TPSA) is 94.7 Å². The van der Waals surface area contributed by atoms with Gasteiger partial charge in [-0.2, -0.15) is 0 Å². The summed E-state index contributed by atoms with van der Waals surface area (Å²) in [5.74, 6) is 1.48. The maximum Gasteiger partial charge on any atom is 0.269 e. The van der Waals surface area contributed by atoms with Crippen LogP contribution in [0.5, 0.6) is 11.5 Å². The van der Waals surface area contributed by atoms with Crippen LogP contribution in [0, 0.1) is 24.0 Å². The standard InChI is InChI=1S/C33H27N5O4S2/c1-20-17-27(21(2)36(20)24-10-15-29-30(18-24)42-19-41-29)32-31(28-5-3-4-16-34-28)35-33(43)37(32)22-6-11-25(12-7-22)44-26-13-8-23(9-14-26)38(39)40/h3-18,31-32H,19H2,1-2H3,(H,35,43)/t31-,32-/m1/s1. The van der Waals surface area contributed by atoms with Crippen LogP contribution in [0.15, 0.2) is 107 Å². The first-order valence-electron chi connectivity index (χ1n) is 14.0. The minimum absolute atomic E-state index is 0.0751. The number of fused-ring (bicyclic) bond motifs is 1. The molecular formula is C33H27N5O4S2. The van der Waals surface area contributed by atoms with Gasteiger partial charge < -0.3 is 24.3 Å². The van der Waals surface area contributed by atoms with Crippen LogP contribution in [0.25, 0.3) is 5.69 Å². The van der Waals surface area contributed by atoms with Crippen LogP contribution in [0.2, 0.25) is 0 Å². The van der Waals surface area contributed by atoms with Gasteiger partial charge in [0, 0.05) is 56.9 Å². The lowest BCUT2D eigenvalue weighted by Crippen LogP contribution is -2.29. The highest BCUT2D eigenvalue weighted by Gasteiger charge is 2.42. The number of nitrogens with zero attached hydrogens (tertiary/aromatic N) is 4. The normalized spacial score (nSPS) is 17.1. The molecule has 0 bridgehead atoms. The average molecular weight is 622 g/mol. The van der Waals surface area contributed by atoms with Crippen molar-refractivity contribution in [3.8, 4) is 17.2 Å². The van der Waals surface area contributed by atoms with Crippen molar-refractivity contribution in [2.24, 2.45) is 0 Å². The van der Waals surface area contributed by atoms with Gasteiger partial charge in [-0.15, -0.1) is 0 Å². The van der Waals surface area contributed by atoms with E-state index in [2.05, 4.69) is 46.8 Å². The van der Waals surface area contributed by atoms with Gasteiger partial charge in [-0.1, -0.05) is 17.8 Å². The van der Waals surface area contributed by atoms with E-state index in [4.69, 9.17) is 26.7 Å². The number of anilines is 1. The lowest BCUT2D eigenvalue weighted by atomic mass is 9.96. The molecule has 2 aliphatic heterocycles. The number of non-ortho nitro benzene ring substituents is 1. The Balaban J connectivity index is 1.25. The lowest BCUT2D eigenvalue weighted by Gasteiger charge is -2.28. The number of aryl methyl sites for hydroxylation is 1. The van der Waals surface area contributed by atoms with E-state index in [9.17, 15) is 10.1 Å². The molecule has 0 aliphatic carbocycles. The number of thiocarbonyl (C=S) groups is 1. The summed E-state index contributed by atoms with van der Waals surface area (Å²) in [7, 11) is 0. The number of hydrogen-bond acceptors (Lipinski definition) is 7. The Morgan fingerprint density at radius 2 is 1.64 bits per heavy atom. The van der Waals surface area contributed by atoms with Gasteiger partial charge in [0.1, 0.15) is 0 Å². The van der Waals surface area contributed by atoms with Crippen molar-refractivity contribution >= 4 is 40.5 Å².